The summed E-state index contributed by atoms with van der Waals surface area (Å²) in [7, 11) is 0. The highest BCUT2D eigenvalue weighted by atomic mass is 32.1. The lowest BCUT2D eigenvalue weighted by atomic mass is 10.1. The summed E-state index contributed by atoms with van der Waals surface area (Å²) >= 11 is 1.54. The molecule has 0 fully saturated rings. The van der Waals surface area contributed by atoms with Crippen LogP contribution in [-0.2, 0) is 6.54 Å². The number of thiazole rings is 1. The molecule has 0 saturated heterocycles. The Balaban J connectivity index is 1.49. The molecule has 1 heterocycles. The molecule has 3 aromatic carbocycles. The van der Waals surface area contributed by atoms with Gasteiger partial charge in [-0.3, -0.25) is 4.79 Å². The topological polar surface area (TPSA) is 42.0 Å². The Bertz CT molecular complexity index is 1160. The van der Waals surface area contributed by atoms with Gasteiger partial charge < -0.3 is 5.32 Å². The van der Waals surface area contributed by atoms with Gasteiger partial charge in [0.05, 0.1) is 11.3 Å². The Morgan fingerprint density at radius 3 is 2.55 bits per heavy atom. The van der Waals surface area contributed by atoms with Crippen LogP contribution in [0.1, 0.15) is 15.9 Å². The Hall–Kier alpha value is -3.38. The molecular weight excluding hydrogens is 390 g/mol. The Morgan fingerprint density at radius 1 is 0.931 bits per heavy atom. The first-order valence-corrected chi connectivity index (χ1v) is 9.81. The molecule has 1 amide bonds. The van der Waals surface area contributed by atoms with Crippen LogP contribution in [0.5, 0.6) is 0 Å². The first-order valence-electron chi connectivity index (χ1n) is 8.93. The van der Waals surface area contributed by atoms with Gasteiger partial charge in [0.25, 0.3) is 5.91 Å². The van der Waals surface area contributed by atoms with Crippen LogP contribution in [0.2, 0.25) is 0 Å². The molecule has 0 bridgehead atoms. The van der Waals surface area contributed by atoms with Gasteiger partial charge in [0.15, 0.2) is 0 Å². The molecule has 29 heavy (non-hydrogen) atoms. The van der Waals surface area contributed by atoms with E-state index in [-0.39, 0.29) is 12.1 Å². The predicted molar refractivity (Wildman–Crippen MR) is 111 cm³/mol. The van der Waals surface area contributed by atoms with E-state index >= 15 is 0 Å². The third-order valence-electron chi connectivity index (χ3n) is 4.37. The van der Waals surface area contributed by atoms with E-state index in [0.717, 1.165) is 45.6 Å². The normalized spacial score (nSPS) is 10.7. The van der Waals surface area contributed by atoms with Crippen molar-refractivity contribution in [1.29, 1.82) is 0 Å². The fourth-order valence-corrected chi connectivity index (χ4v) is 3.74. The Labute approximate surface area is 170 Å². The van der Waals surface area contributed by atoms with Crippen molar-refractivity contribution >= 4 is 17.2 Å². The maximum atomic E-state index is 13.7. The van der Waals surface area contributed by atoms with Crippen LogP contribution in [0.4, 0.5) is 8.78 Å². The second-order valence-corrected chi connectivity index (χ2v) is 7.27. The molecule has 0 aliphatic rings. The van der Waals surface area contributed by atoms with Gasteiger partial charge in [0.2, 0.25) is 0 Å². The lowest BCUT2D eigenvalue weighted by Crippen LogP contribution is -2.24. The van der Waals surface area contributed by atoms with Crippen molar-refractivity contribution in [2.24, 2.45) is 0 Å². The van der Waals surface area contributed by atoms with E-state index in [2.05, 4.69) is 5.32 Å². The fraction of sp³-hybridized carbons (Fsp3) is 0.0435. The van der Waals surface area contributed by atoms with Gasteiger partial charge in [-0.05, 0) is 29.8 Å². The number of nitrogens with one attached hydrogen (secondary N) is 1. The number of aromatic nitrogens is 1. The molecule has 0 radical (unpaired) electrons. The highest BCUT2D eigenvalue weighted by Crippen LogP contribution is 2.29. The molecule has 1 N–H and O–H groups in total. The van der Waals surface area contributed by atoms with E-state index in [1.807, 2.05) is 60.0 Å². The maximum Gasteiger partial charge on any atom is 0.254 e. The number of carbonyl (C=O) groups excluding carboxylic acids is 1. The van der Waals surface area contributed by atoms with Gasteiger partial charge in [0, 0.05) is 23.1 Å². The number of halogens is 2. The number of rotatable bonds is 5. The lowest BCUT2D eigenvalue weighted by Gasteiger charge is -2.07. The van der Waals surface area contributed by atoms with Crippen LogP contribution in [-0.4, -0.2) is 10.9 Å². The molecule has 0 aliphatic heterocycles. The summed E-state index contributed by atoms with van der Waals surface area (Å²) in [5, 5.41) is 5.50. The standard InChI is InChI=1S/C23H16F2N2OS/c24-18-9-10-20(25)19(12-18)22(28)26-13-15-5-4-8-17(11-15)23-27-21(14-29-23)16-6-2-1-3-7-16/h1-12,14H,13H2,(H,26,28). The summed E-state index contributed by atoms with van der Waals surface area (Å²) in [6.45, 7) is 0.194. The monoisotopic (exact) mass is 406 g/mol. The molecule has 0 atom stereocenters. The Kier molecular flexibility index (Phi) is 5.44. The molecule has 0 spiro atoms. The van der Waals surface area contributed by atoms with E-state index in [9.17, 15) is 13.6 Å². The van der Waals surface area contributed by atoms with Crippen molar-refractivity contribution in [3.8, 4) is 21.8 Å². The highest BCUT2D eigenvalue weighted by Gasteiger charge is 2.13. The summed E-state index contributed by atoms with van der Waals surface area (Å²) in [4.78, 5) is 16.9. The van der Waals surface area contributed by atoms with Crippen LogP contribution >= 0.6 is 11.3 Å². The van der Waals surface area contributed by atoms with Crippen molar-refractivity contribution in [2.75, 3.05) is 0 Å². The number of hydrogen-bond donors (Lipinski definition) is 1. The van der Waals surface area contributed by atoms with Gasteiger partial charge in [-0.2, -0.15) is 0 Å². The van der Waals surface area contributed by atoms with E-state index < -0.39 is 17.5 Å². The molecule has 6 heteroatoms. The first-order chi connectivity index (χ1) is 14.1. The van der Waals surface area contributed by atoms with Gasteiger partial charge >= 0.3 is 0 Å². The van der Waals surface area contributed by atoms with Crippen LogP contribution in [0.25, 0.3) is 21.8 Å². The third kappa shape index (κ3) is 4.38. The number of benzene rings is 3. The van der Waals surface area contributed by atoms with E-state index in [1.54, 1.807) is 11.3 Å². The van der Waals surface area contributed by atoms with Crippen molar-refractivity contribution in [3.05, 3.63) is 101 Å². The maximum absolute atomic E-state index is 13.7. The van der Waals surface area contributed by atoms with E-state index in [0.29, 0.717) is 0 Å². The molecule has 144 valence electrons. The number of carbonyl (C=O) groups is 1. The smallest absolute Gasteiger partial charge is 0.254 e. The summed E-state index contributed by atoms with van der Waals surface area (Å²) in [5.41, 5.74) is 3.42. The van der Waals surface area contributed by atoms with Crippen molar-refractivity contribution < 1.29 is 13.6 Å². The quantitative estimate of drug-likeness (QED) is 0.463. The molecule has 1 aromatic heterocycles. The van der Waals surface area contributed by atoms with Crippen molar-refractivity contribution in [2.45, 2.75) is 6.54 Å². The van der Waals surface area contributed by atoms with Crippen LogP contribution in [0.15, 0.2) is 78.2 Å². The molecule has 4 aromatic rings. The minimum absolute atomic E-state index is 0.194. The zero-order valence-electron chi connectivity index (χ0n) is 15.2. The van der Waals surface area contributed by atoms with Crippen molar-refractivity contribution in [3.63, 3.8) is 0 Å². The zero-order valence-corrected chi connectivity index (χ0v) is 16.0. The minimum Gasteiger partial charge on any atom is -0.348 e. The van der Waals surface area contributed by atoms with Crippen LogP contribution < -0.4 is 5.32 Å². The third-order valence-corrected chi connectivity index (χ3v) is 5.27. The molecule has 0 saturated carbocycles. The van der Waals surface area contributed by atoms with Gasteiger partial charge in [-0.1, -0.05) is 48.5 Å². The lowest BCUT2D eigenvalue weighted by molar-refractivity contribution is 0.0946. The number of amides is 1. The van der Waals surface area contributed by atoms with Gasteiger partial charge in [-0.15, -0.1) is 11.3 Å². The second kappa shape index (κ2) is 8.32. The van der Waals surface area contributed by atoms with E-state index in [4.69, 9.17) is 4.98 Å². The second-order valence-electron chi connectivity index (χ2n) is 6.41. The Morgan fingerprint density at radius 2 is 1.72 bits per heavy atom. The van der Waals surface area contributed by atoms with Crippen LogP contribution in [0.3, 0.4) is 0 Å². The van der Waals surface area contributed by atoms with Gasteiger partial charge in [-0.25, -0.2) is 13.8 Å². The average Bonchev–Trinajstić information content (AvgIpc) is 3.25. The fourth-order valence-electron chi connectivity index (χ4n) is 2.91. The largest absolute Gasteiger partial charge is 0.348 e. The SMILES string of the molecule is O=C(NCc1cccc(-c2nc(-c3ccccc3)cs2)c1)c1cc(F)ccc1F. The first kappa shape index (κ1) is 19.0. The summed E-state index contributed by atoms with van der Waals surface area (Å²) in [6, 6.07) is 20.4. The summed E-state index contributed by atoms with van der Waals surface area (Å²) < 4.78 is 27.0. The molecule has 0 unspecified atom stereocenters. The molecular formula is C23H16F2N2OS. The number of hydrogen-bond acceptors (Lipinski definition) is 3. The summed E-state index contributed by atoms with van der Waals surface area (Å²) in [6.07, 6.45) is 0. The predicted octanol–water partition coefficient (Wildman–Crippen LogP) is 5.69. The minimum atomic E-state index is -0.756. The van der Waals surface area contributed by atoms with E-state index in [1.165, 1.54) is 0 Å². The summed E-state index contributed by atoms with van der Waals surface area (Å²) in [5.74, 6) is -2.07. The highest BCUT2D eigenvalue weighted by molar-refractivity contribution is 7.13. The average molecular weight is 406 g/mol. The van der Waals surface area contributed by atoms with Gasteiger partial charge in [0.1, 0.15) is 16.6 Å². The molecule has 0 aliphatic carbocycles. The van der Waals surface area contributed by atoms with Crippen molar-refractivity contribution in [1.82, 2.24) is 10.3 Å². The number of nitrogens with zero attached hydrogens (tertiary/aromatic N) is 1. The molecule has 4 rings (SSSR count). The zero-order chi connectivity index (χ0) is 20.2. The van der Waals surface area contributed by atoms with Crippen LogP contribution in [0, 0.1) is 11.6 Å². The molecule has 3 nitrogen and oxygen atoms in total.